The zero-order valence-electron chi connectivity index (χ0n) is 12.5. The Labute approximate surface area is 128 Å². The molecule has 2 rings (SSSR count). The van der Waals surface area contributed by atoms with Gasteiger partial charge in [-0.1, -0.05) is 6.92 Å². The second-order valence-electron chi connectivity index (χ2n) is 4.94. The molecule has 0 aliphatic carbocycles. The predicted octanol–water partition coefficient (Wildman–Crippen LogP) is 3.52. The van der Waals surface area contributed by atoms with Crippen LogP contribution in [0.1, 0.15) is 33.5 Å². The highest BCUT2D eigenvalue weighted by Gasteiger charge is 2.18. The molecule has 0 unspecified atom stereocenters. The van der Waals surface area contributed by atoms with E-state index in [-0.39, 0.29) is 10.6 Å². The predicted molar refractivity (Wildman–Crippen MR) is 84.6 cm³/mol. The fourth-order valence-electron chi connectivity index (χ4n) is 2.24. The number of nitrogens with one attached hydrogen (secondary N) is 1. The van der Waals surface area contributed by atoms with Gasteiger partial charge in [0.15, 0.2) is 0 Å². The first kappa shape index (κ1) is 15.6. The van der Waals surface area contributed by atoms with Gasteiger partial charge in [0.25, 0.3) is 5.69 Å². The van der Waals surface area contributed by atoms with Crippen molar-refractivity contribution < 1.29 is 4.92 Å². The van der Waals surface area contributed by atoms with Crippen LogP contribution in [0, 0.1) is 24.0 Å². The van der Waals surface area contributed by atoms with Crippen LogP contribution in [0.4, 0.5) is 5.69 Å². The van der Waals surface area contributed by atoms with Crippen molar-refractivity contribution in [3.05, 3.63) is 55.0 Å². The minimum atomic E-state index is -0.331. The van der Waals surface area contributed by atoms with Crippen molar-refractivity contribution in [2.45, 2.75) is 40.3 Å². The summed E-state index contributed by atoms with van der Waals surface area (Å²) < 4.78 is 0. The number of hydrogen-bond donors (Lipinski definition) is 1. The highest BCUT2D eigenvalue weighted by Crippen LogP contribution is 2.24. The fourth-order valence-corrected chi connectivity index (χ4v) is 3.16. The largest absolute Gasteiger partial charge is 0.306 e. The Hall–Kier alpha value is -1.79. The second kappa shape index (κ2) is 6.78. The summed E-state index contributed by atoms with van der Waals surface area (Å²) in [5.41, 5.74) is 2.16. The van der Waals surface area contributed by atoms with Crippen LogP contribution in [0.3, 0.4) is 0 Å². The standard InChI is InChI=1S/C15H19N3O2S/c1-4-12-5-6-13(21-12)8-16-9-14-11(3)15(18(19)20)10(2)7-17-14/h5-7,16H,4,8-9H2,1-3H3. The lowest BCUT2D eigenvalue weighted by Gasteiger charge is -2.08. The van der Waals surface area contributed by atoms with Crippen LogP contribution in [-0.4, -0.2) is 9.91 Å². The van der Waals surface area contributed by atoms with Gasteiger partial charge in [0, 0.05) is 40.2 Å². The molecule has 0 spiro atoms. The third-order valence-corrected chi connectivity index (χ3v) is 4.65. The van der Waals surface area contributed by atoms with Crippen LogP contribution in [0.25, 0.3) is 0 Å². The first-order valence-electron chi connectivity index (χ1n) is 6.90. The number of nitrogens with zero attached hydrogens (tertiary/aromatic N) is 2. The number of aromatic nitrogens is 1. The number of thiophene rings is 1. The first-order chi connectivity index (χ1) is 10.0. The van der Waals surface area contributed by atoms with E-state index in [1.54, 1.807) is 31.4 Å². The lowest BCUT2D eigenvalue weighted by Crippen LogP contribution is -2.15. The van der Waals surface area contributed by atoms with E-state index in [1.165, 1.54) is 9.75 Å². The summed E-state index contributed by atoms with van der Waals surface area (Å²) in [6.45, 7) is 6.91. The molecule has 5 nitrogen and oxygen atoms in total. The van der Waals surface area contributed by atoms with Gasteiger partial charge in [0.1, 0.15) is 0 Å². The molecule has 1 N–H and O–H groups in total. The van der Waals surface area contributed by atoms with Gasteiger partial charge in [-0.25, -0.2) is 0 Å². The molecule has 0 saturated carbocycles. The smallest absolute Gasteiger partial charge is 0.278 e. The van der Waals surface area contributed by atoms with E-state index in [9.17, 15) is 10.1 Å². The monoisotopic (exact) mass is 305 g/mol. The Morgan fingerprint density at radius 2 is 2.00 bits per heavy atom. The molecule has 0 amide bonds. The SMILES string of the molecule is CCc1ccc(CNCc2ncc(C)c([N+](=O)[O-])c2C)s1. The molecule has 0 aromatic carbocycles. The van der Waals surface area contributed by atoms with Crippen LogP contribution >= 0.6 is 11.3 Å². The summed E-state index contributed by atoms with van der Waals surface area (Å²) in [5, 5.41) is 14.4. The Morgan fingerprint density at radius 3 is 2.62 bits per heavy atom. The van der Waals surface area contributed by atoms with Crippen molar-refractivity contribution in [1.29, 1.82) is 0 Å². The van der Waals surface area contributed by atoms with Gasteiger partial charge in [0.2, 0.25) is 0 Å². The average Bonchev–Trinajstić information content (AvgIpc) is 2.89. The van der Waals surface area contributed by atoms with E-state index in [0.717, 1.165) is 18.7 Å². The molecule has 0 aliphatic heterocycles. The zero-order valence-corrected chi connectivity index (χ0v) is 13.3. The molecule has 0 bridgehead atoms. The number of hydrogen-bond acceptors (Lipinski definition) is 5. The van der Waals surface area contributed by atoms with Crippen LogP contribution in [0.2, 0.25) is 0 Å². The molecular formula is C15H19N3O2S. The highest BCUT2D eigenvalue weighted by molar-refractivity contribution is 7.11. The van der Waals surface area contributed by atoms with Crippen LogP contribution in [-0.2, 0) is 19.5 Å². The van der Waals surface area contributed by atoms with Gasteiger partial charge >= 0.3 is 0 Å². The number of pyridine rings is 1. The van der Waals surface area contributed by atoms with Crippen molar-refractivity contribution >= 4 is 17.0 Å². The molecule has 21 heavy (non-hydrogen) atoms. The van der Waals surface area contributed by atoms with E-state index in [1.807, 2.05) is 0 Å². The van der Waals surface area contributed by atoms with Gasteiger partial charge in [-0.15, -0.1) is 11.3 Å². The third-order valence-electron chi connectivity index (χ3n) is 3.42. The molecule has 112 valence electrons. The molecule has 0 fully saturated rings. The molecule has 2 aromatic heterocycles. The summed E-state index contributed by atoms with van der Waals surface area (Å²) in [7, 11) is 0. The van der Waals surface area contributed by atoms with Gasteiger partial charge in [-0.3, -0.25) is 15.1 Å². The van der Waals surface area contributed by atoms with Gasteiger partial charge < -0.3 is 5.32 Å². The number of rotatable bonds is 6. The van der Waals surface area contributed by atoms with E-state index in [4.69, 9.17) is 0 Å². The molecule has 2 heterocycles. The minimum Gasteiger partial charge on any atom is -0.306 e. The van der Waals surface area contributed by atoms with E-state index in [0.29, 0.717) is 17.7 Å². The van der Waals surface area contributed by atoms with Crippen LogP contribution in [0.15, 0.2) is 18.3 Å². The van der Waals surface area contributed by atoms with Gasteiger partial charge in [0.05, 0.1) is 10.6 Å². The Balaban J connectivity index is 2.03. The van der Waals surface area contributed by atoms with E-state index in [2.05, 4.69) is 29.4 Å². The lowest BCUT2D eigenvalue weighted by molar-refractivity contribution is -0.386. The van der Waals surface area contributed by atoms with Crippen molar-refractivity contribution in [3.8, 4) is 0 Å². The van der Waals surface area contributed by atoms with Gasteiger partial charge in [-0.05, 0) is 32.4 Å². The first-order valence-corrected chi connectivity index (χ1v) is 7.72. The fraction of sp³-hybridized carbons (Fsp3) is 0.400. The van der Waals surface area contributed by atoms with Crippen LogP contribution < -0.4 is 5.32 Å². The Morgan fingerprint density at radius 1 is 1.29 bits per heavy atom. The quantitative estimate of drug-likeness (QED) is 0.655. The number of aryl methyl sites for hydroxylation is 2. The third kappa shape index (κ3) is 3.65. The van der Waals surface area contributed by atoms with Crippen molar-refractivity contribution in [2.75, 3.05) is 0 Å². The highest BCUT2D eigenvalue weighted by atomic mass is 32.1. The summed E-state index contributed by atoms with van der Waals surface area (Å²) in [4.78, 5) is 17.7. The minimum absolute atomic E-state index is 0.172. The maximum Gasteiger partial charge on any atom is 0.278 e. The Kier molecular flexibility index (Phi) is 5.03. The zero-order chi connectivity index (χ0) is 15.4. The molecule has 0 radical (unpaired) electrons. The maximum absolute atomic E-state index is 11.1. The molecule has 0 atom stereocenters. The molecule has 2 aromatic rings. The lowest BCUT2D eigenvalue weighted by atomic mass is 10.1. The summed E-state index contributed by atoms with van der Waals surface area (Å²) in [6.07, 6.45) is 2.62. The normalized spacial score (nSPS) is 10.8. The summed E-state index contributed by atoms with van der Waals surface area (Å²) >= 11 is 1.79. The second-order valence-corrected chi connectivity index (χ2v) is 6.20. The van der Waals surface area contributed by atoms with E-state index < -0.39 is 0 Å². The van der Waals surface area contributed by atoms with Crippen molar-refractivity contribution in [3.63, 3.8) is 0 Å². The molecule has 0 aliphatic rings. The summed E-state index contributed by atoms with van der Waals surface area (Å²) in [6, 6.07) is 4.26. The molecule has 6 heteroatoms. The number of nitro groups is 1. The maximum atomic E-state index is 11.1. The average molecular weight is 305 g/mol. The Bertz CT molecular complexity index is 652. The van der Waals surface area contributed by atoms with Crippen molar-refractivity contribution in [1.82, 2.24) is 10.3 Å². The van der Waals surface area contributed by atoms with Crippen molar-refractivity contribution in [2.24, 2.45) is 0 Å². The van der Waals surface area contributed by atoms with Gasteiger partial charge in [-0.2, -0.15) is 0 Å². The van der Waals surface area contributed by atoms with Crippen LogP contribution in [0.5, 0.6) is 0 Å². The van der Waals surface area contributed by atoms with E-state index >= 15 is 0 Å². The summed E-state index contributed by atoms with van der Waals surface area (Å²) in [5.74, 6) is 0. The molecular weight excluding hydrogens is 286 g/mol. The topological polar surface area (TPSA) is 68.1 Å². The molecule has 0 saturated heterocycles.